The number of aromatic nitrogens is 2. The molecule has 0 unspecified atom stereocenters. The molecule has 0 atom stereocenters. The van der Waals surface area contributed by atoms with Crippen LogP contribution in [0.15, 0.2) is 24.3 Å². The van der Waals surface area contributed by atoms with Gasteiger partial charge in [-0.3, -0.25) is 0 Å². The first-order valence-corrected chi connectivity index (χ1v) is 13.4. The number of aryl methyl sites for hydroxylation is 2. The Morgan fingerprint density at radius 2 is 1.39 bits per heavy atom. The molecule has 182 valence electrons. The monoisotopic (exact) mass is 456 g/mol. The predicted octanol–water partition coefficient (Wildman–Crippen LogP) is 8.86. The van der Waals surface area contributed by atoms with E-state index in [1.165, 1.54) is 70.6 Å². The van der Waals surface area contributed by atoms with Crippen molar-refractivity contribution in [1.29, 1.82) is 0 Å². The van der Waals surface area contributed by atoms with Crippen molar-refractivity contribution in [3.63, 3.8) is 0 Å². The van der Waals surface area contributed by atoms with Crippen molar-refractivity contribution in [2.45, 2.75) is 110 Å². The first-order chi connectivity index (χ1) is 16.1. The molecule has 1 aromatic heterocycles. The lowest BCUT2D eigenvalue weighted by Gasteiger charge is -2.28. The molecule has 0 saturated heterocycles. The van der Waals surface area contributed by atoms with E-state index >= 15 is 0 Å². The summed E-state index contributed by atoms with van der Waals surface area (Å²) in [5, 5.41) is 8.44. The van der Waals surface area contributed by atoms with E-state index in [1.54, 1.807) is 18.2 Å². The molecule has 1 fully saturated rings. The van der Waals surface area contributed by atoms with Gasteiger partial charge in [0.1, 0.15) is 0 Å². The Morgan fingerprint density at radius 3 is 2.06 bits per heavy atom. The summed E-state index contributed by atoms with van der Waals surface area (Å²) in [5.74, 6) is 0.0111. The Hall–Kier alpha value is -1.84. The maximum atomic E-state index is 14.9. The summed E-state index contributed by atoms with van der Waals surface area (Å²) < 4.78 is 29.7. The summed E-state index contributed by atoms with van der Waals surface area (Å²) in [4.78, 5) is 0. The fourth-order valence-electron chi connectivity index (χ4n) is 5.19. The van der Waals surface area contributed by atoms with Crippen LogP contribution >= 0.6 is 0 Å². The van der Waals surface area contributed by atoms with Gasteiger partial charge in [0, 0.05) is 5.56 Å². The predicted molar refractivity (Wildman–Crippen MR) is 133 cm³/mol. The molecule has 1 heterocycles. The Labute approximate surface area is 199 Å². The van der Waals surface area contributed by atoms with Crippen LogP contribution in [0.25, 0.3) is 11.3 Å². The molecule has 33 heavy (non-hydrogen) atoms. The first-order valence-electron chi connectivity index (χ1n) is 13.4. The highest BCUT2D eigenvalue weighted by Gasteiger charge is 2.22. The van der Waals surface area contributed by atoms with Crippen molar-refractivity contribution >= 4 is 0 Å². The summed E-state index contributed by atoms with van der Waals surface area (Å²) in [6.07, 6.45) is 17.5. The van der Waals surface area contributed by atoms with Crippen LogP contribution in [0.3, 0.4) is 0 Å². The lowest BCUT2D eigenvalue weighted by Crippen LogP contribution is -2.15. The smallest absolute Gasteiger partial charge is 0.168 e. The highest BCUT2D eigenvalue weighted by Crippen LogP contribution is 2.35. The van der Waals surface area contributed by atoms with Crippen LogP contribution in [-0.2, 0) is 12.8 Å². The van der Waals surface area contributed by atoms with Gasteiger partial charge >= 0.3 is 0 Å². The van der Waals surface area contributed by atoms with Crippen LogP contribution in [0.1, 0.15) is 109 Å². The van der Waals surface area contributed by atoms with E-state index in [9.17, 15) is 8.78 Å². The minimum atomic E-state index is -0.794. The molecule has 3 rings (SSSR count). The van der Waals surface area contributed by atoms with Crippen LogP contribution in [-0.4, -0.2) is 10.2 Å². The number of rotatable bonds is 13. The van der Waals surface area contributed by atoms with Crippen LogP contribution in [0.5, 0.6) is 0 Å². The third kappa shape index (κ3) is 7.86. The van der Waals surface area contributed by atoms with E-state index < -0.39 is 11.6 Å². The first kappa shape index (κ1) is 25.8. The molecule has 1 aliphatic rings. The molecule has 0 aliphatic heterocycles. The highest BCUT2D eigenvalue weighted by atomic mass is 19.2. The lowest BCUT2D eigenvalue weighted by atomic mass is 9.78. The average Bonchev–Trinajstić information content (AvgIpc) is 2.85. The zero-order valence-corrected chi connectivity index (χ0v) is 20.7. The van der Waals surface area contributed by atoms with Gasteiger partial charge < -0.3 is 0 Å². The van der Waals surface area contributed by atoms with Crippen molar-refractivity contribution < 1.29 is 8.78 Å². The second-order valence-corrected chi connectivity index (χ2v) is 10.0. The van der Waals surface area contributed by atoms with Gasteiger partial charge in [0.15, 0.2) is 11.6 Å². The Morgan fingerprint density at radius 1 is 0.697 bits per heavy atom. The molecule has 0 amide bonds. The Bertz CT molecular complexity index is 826. The SMILES string of the molecule is CCCCCCCc1ccc(-c2ccc(CCC3CCC(CCCC)CC3)c(F)c2F)nn1. The lowest BCUT2D eigenvalue weighted by molar-refractivity contribution is 0.249. The number of unbranched alkanes of at least 4 members (excludes halogenated alkanes) is 5. The van der Waals surface area contributed by atoms with Crippen LogP contribution in [0.4, 0.5) is 8.78 Å². The second-order valence-electron chi connectivity index (χ2n) is 10.0. The number of hydrogen-bond donors (Lipinski definition) is 0. The Balaban J connectivity index is 1.51. The van der Waals surface area contributed by atoms with Gasteiger partial charge in [0.05, 0.1) is 11.4 Å². The van der Waals surface area contributed by atoms with Crippen molar-refractivity contribution in [2.24, 2.45) is 11.8 Å². The van der Waals surface area contributed by atoms with Crippen LogP contribution < -0.4 is 0 Å². The minimum Gasteiger partial charge on any atom is -0.203 e. The van der Waals surface area contributed by atoms with Crippen LogP contribution in [0.2, 0.25) is 0 Å². The molecular formula is C29H42F2N2. The van der Waals surface area contributed by atoms with Gasteiger partial charge in [0.2, 0.25) is 0 Å². The third-order valence-corrected chi connectivity index (χ3v) is 7.45. The van der Waals surface area contributed by atoms with Crippen LogP contribution in [0, 0.1) is 23.5 Å². The van der Waals surface area contributed by atoms with Gasteiger partial charge in [-0.1, -0.05) is 90.5 Å². The van der Waals surface area contributed by atoms with E-state index in [0.717, 1.165) is 30.9 Å². The van der Waals surface area contributed by atoms with Gasteiger partial charge in [-0.2, -0.15) is 10.2 Å². The second kappa shape index (κ2) is 13.8. The number of benzene rings is 1. The molecule has 1 aromatic carbocycles. The van der Waals surface area contributed by atoms with Crippen molar-refractivity contribution in [1.82, 2.24) is 10.2 Å². The standard InChI is InChI=1S/C29H42F2N2/c1-3-5-7-8-9-11-25-19-21-27(33-32-25)26-20-18-24(28(30)29(26)31)17-16-23-14-12-22(13-15-23)10-6-4-2/h18-23H,3-17H2,1-2H3. The molecule has 0 radical (unpaired) electrons. The van der Waals surface area contributed by atoms with Crippen molar-refractivity contribution in [3.8, 4) is 11.3 Å². The maximum Gasteiger partial charge on any atom is 0.168 e. The van der Waals surface area contributed by atoms with E-state index in [2.05, 4.69) is 24.0 Å². The fourth-order valence-corrected chi connectivity index (χ4v) is 5.19. The van der Waals surface area contributed by atoms with E-state index in [0.29, 0.717) is 23.6 Å². The normalized spacial score (nSPS) is 18.5. The molecule has 0 N–H and O–H groups in total. The van der Waals surface area contributed by atoms with Gasteiger partial charge in [-0.05, 0) is 61.3 Å². The van der Waals surface area contributed by atoms with E-state index in [-0.39, 0.29) is 5.56 Å². The summed E-state index contributed by atoms with van der Waals surface area (Å²) in [6, 6.07) is 7.07. The van der Waals surface area contributed by atoms with Crippen molar-refractivity contribution in [2.75, 3.05) is 0 Å². The fraction of sp³-hybridized carbons (Fsp3) is 0.655. The zero-order valence-electron chi connectivity index (χ0n) is 20.7. The highest BCUT2D eigenvalue weighted by molar-refractivity contribution is 5.60. The summed E-state index contributed by atoms with van der Waals surface area (Å²) >= 11 is 0. The average molecular weight is 457 g/mol. The molecule has 1 saturated carbocycles. The number of hydrogen-bond acceptors (Lipinski definition) is 2. The van der Waals surface area contributed by atoms with Gasteiger partial charge in [-0.25, -0.2) is 8.78 Å². The van der Waals surface area contributed by atoms with E-state index in [1.807, 2.05) is 6.07 Å². The van der Waals surface area contributed by atoms with Crippen molar-refractivity contribution in [3.05, 3.63) is 47.2 Å². The molecule has 1 aliphatic carbocycles. The molecule has 2 aromatic rings. The Kier molecular flexibility index (Phi) is 10.8. The molecule has 0 spiro atoms. The van der Waals surface area contributed by atoms with Gasteiger partial charge in [-0.15, -0.1) is 0 Å². The largest absolute Gasteiger partial charge is 0.203 e. The molecule has 2 nitrogen and oxygen atoms in total. The quantitative estimate of drug-likeness (QED) is 0.281. The number of halogens is 2. The van der Waals surface area contributed by atoms with E-state index in [4.69, 9.17) is 0 Å². The summed E-state index contributed by atoms with van der Waals surface area (Å²) in [5.41, 5.74) is 2.01. The summed E-state index contributed by atoms with van der Waals surface area (Å²) in [6.45, 7) is 4.46. The molecular weight excluding hydrogens is 414 g/mol. The topological polar surface area (TPSA) is 25.8 Å². The van der Waals surface area contributed by atoms with Gasteiger partial charge in [0.25, 0.3) is 0 Å². The minimum absolute atomic E-state index is 0.203. The molecule has 4 heteroatoms. The molecule has 0 bridgehead atoms. The number of nitrogens with zero attached hydrogens (tertiary/aromatic N) is 2. The summed E-state index contributed by atoms with van der Waals surface area (Å²) in [7, 11) is 0. The zero-order chi connectivity index (χ0) is 23.5. The third-order valence-electron chi connectivity index (χ3n) is 7.45. The maximum absolute atomic E-state index is 14.9.